The van der Waals surface area contributed by atoms with E-state index >= 15 is 0 Å². The second-order valence-electron chi connectivity index (χ2n) is 4.31. The second kappa shape index (κ2) is 5.34. The van der Waals surface area contributed by atoms with Crippen molar-refractivity contribution in [2.45, 2.75) is 13.5 Å². The molecule has 0 aliphatic heterocycles. The third-order valence-corrected chi connectivity index (χ3v) is 3.71. The van der Waals surface area contributed by atoms with Crippen LogP contribution in [0.3, 0.4) is 0 Å². The summed E-state index contributed by atoms with van der Waals surface area (Å²) in [6.45, 7) is 2.34. The first-order chi connectivity index (χ1) is 9.72. The van der Waals surface area contributed by atoms with E-state index in [1.165, 1.54) is 17.5 Å². The van der Waals surface area contributed by atoms with E-state index in [9.17, 15) is 4.79 Å². The van der Waals surface area contributed by atoms with E-state index in [-0.39, 0.29) is 5.91 Å². The molecule has 1 amide bonds. The summed E-state index contributed by atoms with van der Waals surface area (Å²) >= 11 is 1.53. The molecule has 100 valence electrons. The number of carbonyl (C=O) groups is 1. The minimum atomic E-state index is -0.240. The Morgan fingerprint density at radius 1 is 1.25 bits per heavy atom. The number of hydrogen-bond donors (Lipinski definition) is 1. The summed E-state index contributed by atoms with van der Waals surface area (Å²) in [5.74, 6) is -0.240. The van der Waals surface area contributed by atoms with E-state index in [0.717, 1.165) is 16.2 Å². The average Bonchev–Trinajstić information content (AvgIpc) is 2.90. The highest BCUT2D eigenvalue weighted by Crippen LogP contribution is 2.10. The number of fused-ring (bicyclic) bond motifs is 1. The van der Waals surface area contributed by atoms with Crippen molar-refractivity contribution in [3.8, 4) is 0 Å². The van der Waals surface area contributed by atoms with Crippen LogP contribution in [-0.2, 0) is 6.54 Å². The Balaban J connectivity index is 1.75. The number of carbonyl (C=O) groups excluding carboxylic acids is 1. The molecule has 0 saturated heterocycles. The van der Waals surface area contributed by atoms with E-state index in [1.54, 1.807) is 0 Å². The molecule has 20 heavy (non-hydrogen) atoms. The van der Waals surface area contributed by atoms with Gasteiger partial charge in [0.1, 0.15) is 10.7 Å². The van der Waals surface area contributed by atoms with Crippen molar-refractivity contribution in [2.24, 2.45) is 0 Å². The molecule has 0 saturated carbocycles. The number of para-hydroxylation sites is 2. The first-order valence-electron chi connectivity index (χ1n) is 6.13. The van der Waals surface area contributed by atoms with Crippen LogP contribution in [0.4, 0.5) is 0 Å². The van der Waals surface area contributed by atoms with Gasteiger partial charge in [-0.05, 0) is 19.1 Å². The van der Waals surface area contributed by atoms with Crippen molar-refractivity contribution in [1.82, 2.24) is 20.3 Å². The van der Waals surface area contributed by atoms with E-state index in [4.69, 9.17) is 0 Å². The van der Waals surface area contributed by atoms with E-state index < -0.39 is 0 Å². The molecule has 1 aromatic carbocycles. The smallest absolute Gasteiger partial charge is 0.271 e. The largest absolute Gasteiger partial charge is 0.344 e. The number of nitrogens with zero attached hydrogens (tertiary/aromatic N) is 3. The standard InChI is InChI=1S/C14H12N4OS/c1-9-8-20-13(17-9)7-16-14(19)12-6-15-10-4-2-3-5-11(10)18-12/h2-6,8H,7H2,1H3,(H,16,19). The van der Waals surface area contributed by atoms with Gasteiger partial charge in [0.05, 0.1) is 23.8 Å². The fraction of sp³-hybridized carbons (Fsp3) is 0.143. The number of thiazole rings is 1. The lowest BCUT2D eigenvalue weighted by Gasteiger charge is -2.03. The van der Waals surface area contributed by atoms with Gasteiger partial charge in [-0.2, -0.15) is 0 Å². The normalized spacial score (nSPS) is 10.7. The summed E-state index contributed by atoms with van der Waals surface area (Å²) in [6.07, 6.45) is 1.49. The molecule has 0 spiro atoms. The van der Waals surface area contributed by atoms with Crippen molar-refractivity contribution in [3.05, 3.63) is 52.2 Å². The number of hydrogen-bond acceptors (Lipinski definition) is 5. The maximum Gasteiger partial charge on any atom is 0.271 e. The summed E-state index contributed by atoms with van der Waals surface area (Å²) in [5, 5.41) is 5.63. The molecule has 0 atom stereocenters. The molecular formula is C14H12N4OS. The fourth-order valence-electron chi connectivity index (χ4n) is 1.80. The number of rotatable bonds is 3. The van der Waals surface area contributed by atoms with Crippen molar-refractivity contribution in [2.75, 3.05) is 0 Å². The highest BCUT2D eigenvalue weighted by molar-refractivity contribution is 7.09. The molecule has 6 heteroatoms. The van der Waals surface area contributed by atoms with Gasteiger partial charge in [0.15, 0.2) is 0 Å². The minimum absolute atomic E-state index is 0.240. The van der Waals surface area contributed by atoms with Gasteiger partial charge < -0.3 is 5.32 Å². The molecule has 0 radical (unpaired) electrons. The van der Waals surface area contributed by atoms with Gasteiger partial charge in [-0.15, -0.1) is 11.3 Å². The van der Waals surface area contributed by atoms with Crippen LogP contribution < -0.4 is 5.32 Å². The number of aryl methyl sites for hydroxylation is 1. The predicted molar refractivity (Wildman–Crippen MR) is 77.6 cm³/mol. The average molecular weight is 284 g/mol. The van der Waals surface area contributed by atoms with Crippen LogP contribution in [0.25, 0.3) is 11.0 Å². The third-order valence-electron chi connectivity index (χ3n) is 2.75. The number of amides is 1. The Morgan fingerprint density at radius 3 is 2.80 bits per heavy atom. The first kappa shape index (κ1) is 12.7. The van der Waals surface area contributed by atoms with Crippen molar-refractivity contribution < 1.29 is 4.79 Å². The molecule has 3 aromatic rings. The van der Waals surface area contributed by atoms with E-state index in [0.29, 0.717) is 17.8 Å². The molecule has 0 unspecified atom stereocenters. The highest BCUT2D eigenvalue weighted by atomic mass is 32.1. The lowest BCUT2D eigenvalue weighted by molar-refractivity contribution is 0.0946. The van der Waals surface area contributed by atoms with Gasteiger partial charge in [0.2, 0.25) is 0 Å². The molecule has 1 N–H and O–H groups in total. The van der Waals surface area contributed by atoms with Crippen LogP contribution in [-0.4, -0.2) is 20.9 Å². The van der Waals surface area contributed by atoms with Crippen LogP contribution >= 0.6 is 11.3 Å². The maximum absolute atomic E-state index is 12.0. The molecular weight excluding hydrogens is 272 g/mol. The highest BCUT2D eigenvalue weighted by Gasteiger charge is 2.09. The second-order valence-corrected chi connectivity index (χ2v) is 5.25. The summed E-state index contributed by atoms with van der Waals surface area (Å²) < 4.78 is 0. The molecule has 0 bridgehead atoms. The zero-order valence-electron chi connectivity index (χ0n) is 10.8. The van der Waals surface area contributed by atoms with Crippen LogP contribution in [0.1, 0.15) is 21.2 Å². The summed E-state index contributed by atoms with van der Waals surface area (Å²) in [5.41, 5.74) is 2.77. The molecule has 0 aliphatic rings. The van der Waals surface area contributed by atoms with Crippen molar-refractivity contribution in [3.63, 3.8) is 0 Å². The van der Waals surface area contributed by atoms with Crippen LogP contribution in [0, 0.1) is 6.92 Å². The zero-order valence-corrected chi connectivity index (χ0v) is 11.6. The SMILES string of the molecule is Cc1csc(CNC(=O)c2cnc3ccccc3n2)n1. The van der Waals surface area contributed by atoms with Gasteiger partial charge in [-0.3, -0.25) is 9.78 Å². The molecule has 5 nitrogen and oxygen atoms in total. The Hall–Kier alpha value is -2.34. The molecule has 3 rings (SSSR count). The Bertz CT molecular complexity index is 768. The Morgan fingerprint density at radius 2 is 2.05 bits per heavy atom. The maximum atomic E-state index is 12.0. The Labute approximate surface area is 119 Å². The van der Waals surface area contributed by atoms with E-state index in [1.807, 2.05) is 36.6 Å². The fourth-order valence-corrected chi connectivity index (χ4v) is 2.51. The van der Waals surface area contributed by atoms with E-state index in [2.05, 4.69) is 20.3 Å². The minimum Gasteiger partial charge on any atom is -0.344 e. The molecule has 2 heterocycles. The number of nitrogens with one attached hydrogen (secondary N) is 1. The molecule has 0 fully saturated rings. The predicted octanol–water partition coefficient (Wildman–Crippen LogP) is 2.32. The molecule has 2 aromatic heterocycles. The van der Waals surface area contributed by atoms with Crippen molar-refractivity contribution >= 4 is 28.3 Å². The van der Waals surface area contributed by atoms with Gasteiger partial charge in [-0.25, -0.2) is 9.97 Å². The van der Waals surface area contributed by atoms with Crippen molar-refractivity contribution in [1.29, 1.82) is 0 Å². The quantitative estimate of drug-likeness (QED) is 0.801. The summed E-state index contributed by atoms with van der Waals surface area (Å²) in [7, 11) is 0. The first-order valence-corrected chi connectivity index (χ1v) is 7.01. The van der Waals surface area contributed by atoms with Gasteiger partial charge in [0.25, 0.3) is 5.91 Å². The third kappa shape index (κ3) is 2.65. The monoisotopic (exact) mass is 284 g/mol. The lowest BCUT2D eigenvalue weighted by Crippen LogP contribution is -2.24. The van der Waals surface area contributed by atoms with Crippen LogP contribution in [0.5, 0.6) is 0 Å². The van der Waals surface area contributed by atoms with Gasteiger partial charge in [0, 0.05) is 11.1 Å². The number of benzene rings is 1. The zero-order chi connectivity index (χ0) is 13.9. The lowest BCUT2D eigenvalue weighted by atomic mass is 10.3. The summed E-state index contributed by atoms with van der Waals surface area (Å²) in [4.78, 5) is 24.9. The number of aromatic nitrogens is 3. The van der Waals surface area contributed by atoms with Crippen LogP contribution in [0.15, 0.2) is 35.8 Å². The molecule has 0 aliphatic carbocycles. The van der Waals surface area contributed by atoms with Gasteiger partial charge in [-0.1, -0.05) is 12.1 Å². The topological polar surface area (TPSA) is 67.8 Å². The summed E-state index contributed by atoms with van der Waals surface area (Å²) in [6, 6.07) is 7.46. The Kier molecular flexibility index (Phi) is 3.39. The van der Waals surface area contributed by atoms with Crippen LogP contribution in [0.2, 0.25) is 0 Å². The van der Waals surface area contributed by atoms with Gasteiger partial charge >= 0.3 is 0 Å².